The lowest BCUT2D eigenvalue weighted by Crippen LogP contribution is -2.21. The molecule has 0 saturated carbocycles. The number of carbonyl (C=O) groups excluding carboxylic acids is 1. The average molecular weight is 266 g/mol. The summed E-state index contributed by atoms with van der Waals surface area (Å²) in [5.74, 6) is 0.276. The van der Waals surface area contributed by atoms with Gasteiger partial charge in [0.05, 0.1) is 12.5 Å². The number of carbonyl (C=O) groups is 1. The maximum atomic E-state index is 11.7. The summed E-state index contributed by atoms with van der Waals surface area (Å²) < 4.78 is 5.26. The molecule has 0 unspecified atom stereocenters. The molecular weight excluding hydrogens is 248 g/mol. The molecule has 0 bridgehead atoms. The Morgan fingerprint density at radius 3 is 1.85 bits per heavy atom. The molecule has 20 heavy (non-hydrogen) atoms. The third-order valence-corrected chi connectivity index (χ3v) is 4.18. The van der Waals surface area contributed by atoms with Gasteiger partial charge in [-0.2, -0.15) is 0 Å². The zero-order valence-corrected chi connectivity index (χ0v) is 11.5. The minimum Gasteiger partial charge on any atom is -0.465 e. The fourth-order valence-corrected chi connectivity index (χ4v) is 3.02. The molecule has 2 aromatic rings. The van der Waals surface area contributed by atoms with E-state index in [9.17, 15) is 4.79 Å². The lowest BCUT2D eigenvalue weighted by atomic mass is 9.76. The van der Waals surface area contributed by atoms with E-state index in [2.05, 4.69) is 24.3 Å². The Labute approximate surface area is 119 Å². The van der Waals surface area contributed by atoms with E-state index in [1.807, 2.05) is 43.3 Å². The Kier molecular flexibility index (Phi) is 3.55. The molecule has 1 aliphatic heterocycles. The smallest absolute Gasteiger partial charge is 0.309 e. The zero-order chi connectivity index (χ0) is 13.9. The normalized spacial score (nSPS) is 22.0. The first-order chi connectivity index (χ1) is 9.77. The van der Waals surface area contributed by atoms with E-state index < -0.39 is 0 Å². The standard InChI is InChI=1S/C18H18O2/c1-13-16(12-20-18(13)19)17(14-8-4-2-5-9-14)15-10-6-3-7-11-15/h2-11,13,16-17H,12H2,1H3/t13-,16+/m1/s1. The quantitative estimate of drug-likeness (QED) is 0.793. The number of ether oxygens (including phenoxy) is 1. The van der Waals surface area contributed by atoms with Crippen LogP contribution < -0.4 is 0 Å². The minimum absolute atomic E-state index is 0.0552. The highest BCUT2D eigenvalue weighted by atomic mass is 16.5. The van der Waals surface area contributed by atoms with Crippen LogP contribution in [0, 0.1) is 11.8 Å². The van der Waals surface area contributed by atoms with Crippen molar-refractivity contribution in [2.24, 2.45) is 11.8 Å². The van der Waals surface area contributed by atoms with E-state index in [0.717, 1.165) is 0 Å². The maximum Gasteiger partial charge on any atom is 0.309 e. The highest BCUT2D eigenvalue weighted by Gasteiger charge is 2.39. The molecule has 2 atom stereocenters. The molecule has 2 heteroatoms. The second kappa shape index (κ2) is 5.49. The van der Waals surface area contributed by atoms with Crippen molar-refractivity contribution < 1.29 is 9.53 Å². The summed E-state index contributed by atoms with van der Waals surface area (Å²) in [4.78, 5) is 11.7. The van der Waals surface area contributed by atoms with Crippen LogP contribution in [0.5, 0.6) is 0 Å². The fourth-order valence-electron chi connectivity index (χ4n) is 3.02. The van der Waals surface area contributed by atoms with Gasteiger partial charge in [-0.25, -0.2) is 0 Å². The predicted molar refractivity (Wildman–Crippen MR) is 78.3 cm³/mol. The van der Waals surface area contributed by atoms with Crippen molar-refractivity contribution in [3.05, 3.63) is 71.8 Å². The maximum absolute atomic E-state index is 11.7. The second-order valence-corrected chi connectivity index (χ2v) is 5.38. The van der Waals surface area contributed by atoms with E-state index in [-0.39, 0.29) is 23.7 Å². The van der Waals surface area contributed by atoms with E-state index in [1.54, 1.807) is 0 Å². The molecule has 1 fully saturated rings. The van der Waals surface area contributed by atoms with Gasteiger partial charge in [0.2, 0.25) is 0 Å². The van der Waals surface area contributed by atoms with Crippen LogP contribution >= 0.6 is 0 Å². The van der Waals surface area contributed by atoms with Gasteiger partial charge in [-0.15, -0.1) is 0 Å². The van der Waals surface area contributed by atoms with Crippen molar-refractivity contribution in [2.75, 3.05) is 6.61 Å². The summed E-state index contributed by atoms with van der Waals surface area (Å²) in [7, 11) is 0. The van der Waals surface area contributed by atoms with Crippen molar-refractivity contribution in [3.63, 3.8) is 0 Å². The van der Waals surface area contributed by atoms with Crippen LogP contribution in [0.1, 0.15) is 24.0 Å². The summed E-state index contributed by atoms with van der Waals surface area (Å²) in [6.45, 7) is 2.48. The molecule has 0 spiro atoms. The Morgan fingerprint density at radius 1 is 0.950 bits per heavy atom. The number of rotatable bonds is 3. The van der Waals surface area contributed by atoms with Crippen LogP contribution in [-0.2, 0) is 9.53 Å². The number of esters is 1. The molecule has 3 rings (SSSR count). The van der Waals surface area contributed by atoms with Crippen LogP contribution in [0.2, 0.25) is 0 Å². The van der Waals surface area contributed by atoms with Crippen LogP contribution in [0.4, 0.5) is 0 Å². The lowest BCUT2D eigenvalue weighted by Gasteiger charge is -2.25. The summed E-state index contributed by atoms with van der Waals surface area (Å²) in [6, 6.07) is 20.8. The Bertz CT molecular complexity index is 537. The molecule has 102 valence electrons. The topological polar surface area (TPSA) is 26.3 Å². The third kappa shape index (κ3) is 2.34. The van der Waals surface area contributed by atoms with Crippen LogP contribution in [0.15, 0.2) is 60.7 Å². The Balaban J connectivity index is 2.03. The number of benzene rings is 2. The SMILES string of the molecule is C[C@H]1C(=O)OC[C@@H]1C(c1ccccc1)c1ccccc1. The van der Waals surface area contributed by atoms with Gasteiger partial charge in [0.25, 0.3) is 0 Å². The van der Waals surface area contributed by atoms with Crippen molar-refractivity contribution in [3.8, 4) is 0 Å². The van der Waals surface area contributed by atoms with Crippen molar-refractivity contribution >= 4 is 5.97 Å². The lowest BCUT2D eigenvalue weighted by molar-refractivity contribution is -0.140. The highest BCUT2D eigenvalue weighted by Crippen LogP contribution is 2.39. The van der Waals surface area contributed by atoms with Crippen LogP contribution in [-0.4, -0.2) is 12.6 Å². The minimum atomic E-state index is -0.0770. The molecule has 1 aliphatic rings. The molecule has 0 aromatic heterocycles. The number of hydrogen-bond acceptors (Lipinski definition) is 2. The summed E-state index contributed by atoms with van der Waals surface area (Å²) in [6.07, 6.45) is 0. The molecular formula is C18H18O2. The average Bonchev–Trinajstić information content (AvgIpc) is 2.82. The fraction of sp³-hybridized carbons (Fsp3) is 0.278. The Hall–Kier alpha value is -2.09. The van der Waals surface area contributed by atoms with Gasteiger partial charge in [0, 0.05) is 11.8 Å². The molecule has 2 aromatic carbocycles. The highest BCUT2D eigenvalue weighted by molar-refractivity contribution is 5.74. The third-order valence-electron chi connectivity index (χ3n) is 4.18. The molecule has 0 amide bonds. The zero-order valence-electron chi connectivity index (χ0n) is 11.5. The summed E-state index contributed by atoms with van der Waals surface area (Å²) >= 11 is 0. The number of hydrogen-bond donors (Lipinski definition) is 0. The van der Waals surface area contributed by atoms with Crippen LogP contribution in [0.3, 0.4) is 0 Å². The van der Waals surface area contributed by atoms with Gasteiger partial charge in [-0.3, -0.25) is 4.79 Å². The summed E-state index contributed by atoms with van der Waals surface area (Å²) in [5, 5.41) is 0. The van der Waals surface area contributed by atoms with Gasteiger partial charge in [0.1, 0.15) is 0 Å². The van der Waals surface area contributed by atoms with E-state index in [4.69, 9.17) is 4.74 Å². The molecule has 0 radical (unpaired) electrons. The second-order valence-electron chi connectivity index (χ2n) is 5.38. The van der Waals surface area contributed by atoms with E-state index in [1.165, 1.54) is 11.1 Å². The summed E-state index contributed by atoms with van der Waals surface area (Å²) in [5.41, 5.74) is 2.49. The van der Waals surface area contributed by atoms with Crippen molar-refractivity contribution in [1.29, 1.82) is 0 Å². The Morgan fingerprint density at radius 2 is 1.45 bits per heavy atom. The van der Waals surface area contributed by atoms with Gasteiger partial charge in [0.15, 0.2) is 0 Å². The predicted octanol–water partition coefficient (Wildman–Crippen LogP) is 3.63. The first-order valence-corrected chi connectivity index (χ1v) is 7.04. The van der Waals surface area contributed by atoms with Gasteiger partial charge in [-0.05, 0) is 11.1 Å². The van der Waals surface area contributed by atoms with Gasteiger partial charge in [-0.1, -0.05) is 67.6 Å². The van der Waals surface area contributed by atoms with Crippen molar-refractivity contribution in [1.82, 2.24) is 0 Å². The first kappa shape index (κ1) is 12.9. The largest absolute Gasteiger partial charge is 0.465 e. The van der Waals surface area contributed by atoms with Crippen molar-refractivity contribution in [2.45, 2.75) is 12.8 Å². The van der Waals surface area contributed by atoms with E-state index in [0.29, 0.717) is 6.61 Å². The van der Waals surface area contributed by atoms with E-state index >= 15 is 0 Å². The number of cyclic esters (lactones) is 1. The monoisotopic (exact) mass is 266 g/mol. The molecule has 1 saturated heterocycles. The molecule has 0 aliphatic carbocycles. The van der Waals surface area contributed by atoms with Gasteiger partial charge >= 0.3 is 5.97 Å². The molecule has 1 heterocycles. The van der Waals surface area contributed by atoms with Gasteiger partial charge < -0.3 is 4.74 Å². The first-order valence-electron chi connectivity index (χ1n) is 7.04. The molecule has 0 N–H and O–H groups in total. The van der Waals surface area contributed by atoms with Crippen LogP contribution in [0.25, 0.3) is 0 Å². The molecule has 2 nitrogen and oxygen atoms in total.